The average Bonchev–Trinajstić information content (AvgIpc) is 3.23. The first-order valence-electron chi connectivity index (χ1n) is 10.7. The molecule has 4 amide bonds. The molecule has 2 aromatic rings. The number of imide groups is 1. The molecule has 2 fully saturated rings. The number of furan rings is 1. The third-order valence-corrected chi connectivity index (χ3v) is 6.40. The predicted molar refractivity (Wildman–Crippen MR) is 108 cm³/mol. The molecule has 5 rings (SSSR count). The zero-order valence-electron chi connectivity index (χ0n) is 16.8. The van der Waals surface area contributed by atoms with E-state index in [0.717, 1.165) is 66.7 Å². The maximum atomic E-state index is 12.7. The highest BCUT2D eigenvalue weighted by Gasteiger charge is 2.52. The van der Waals surface area contributed by atoms with E-state index in [0.29, 0.717) is 18.6 Å². The van der Waals surface area contributed by atoms with E-state index in [2.05, 4.69) is 10.7 Å². The van der Waals surface area contributed by atoms with Crippen molar-refractivity contribution in [3.05, 3.63) is 29.5 Å². The fourth-order valence-corrected chi connectivity index (χ4v) is 4.85. The van der Waals surface area contributed by atoms with Crippen LogP contribution in [0.1, 0.15) is 56.3 Å². The largest absolute Gasteiger partial charge is 0.484 e. The van der Waals surface area contributed by atoms with Crippen molar-refractivity contribution in [2.24, 2.45) is 0 Å². The summed E-state index contributed by atoms with van der Waals surface area (Å²) in [5, 5.41) is 4.59. The van der Waals surface area contributed by atoms with Crippen LogP contribution in [-0.4, -0.2) is 35.0 Å². The van der Waals surface area contributed by atoms with Crippen LogP contribution in [0.25, 0.3) is 11.0 Å². The van der Waals surface area contributed by atoms with Crippen molar-refractivity contribution in [1.29, 1.82) is 0 Å². The summed E-state index contributed by atoms with van der Waals surface area (Å²) in [5.41, 5.74) is 3.58. The lowest BCUT2D eigenvalue weighted by Crippen LogP contribution is -2.51. The van der Waals surface area contributed by atoms with E-state index in [9.17, 15) is 14.4 Å². The Bertz CT molecular complexity index is 1020. The van der Waals surface area contributed by atoms with Crippen molar-refractivity contribution >= 4 is 28.8 Å². The van der Waals surface area contributed by atoms with E-state index in [1.807, 2.05) is 12.1 Å². The van der Waals surface area contributed by atoms with Gasteiger partial charge in [-0.2, -0.15) is 5.01 Å². The topological polar surface area (TPSA) is 101 Å². The minimum atomic E-state index is -0.866. The first-order chi connectivity index (χ1) is 14.6. The van der Waals surface area contributed by atoms with Crippen molar-refractivity contribution in [2.75, 3.05) is 6.61 Å². The van der Waals surface area contributed by atoms with Crippen LogP contribution < -0.4 is 15.5 Å². The maximum absolute atomic E-state index is 12.7. The normalized spacial score (nSPS) is 20.3. The van der Waals surface area contributed by atoms with Gasteiger partial charge >= 0.3 is 6.03 Å². The van der Waals surface area contributed by atoms with Gasteiger partial charge in [0.15, 0.2) is 6.61 Å². The first kappa shape index (κ1) is 19.0. The molecule has 1 aromatic heterocycles. The van der Waals surface area contributed by atoms with Crippen LogP contribution in [-0.2, 0) is 22.4 Å². The first-order valence-corrected chi connectivity index (χ1v) is 10.7. The number of nitrogens with zero attached hydrogens (tertiary/aromatic N) is 1. The summed E-state index contributed by atoms with van der Waals surface area (Å²) in [6.45, 7) is -0.296. The summed E-state index contributed by atoms with van der Waals surface area (Å²) < 4.78 is 11.5. The van der Waals surface area contributed by atoms with Gasteiger partial charge in [-0.15, -0.1) is 0 Å². The van der Waals surface area contributed by atoms with Crippen molar-refractivity contribution < 1.29 is 23.5 Å². The van der Waals surface area contributed by atoms with Gasteiger partial charge in [0.05, 0.1) is 0 Å². The lowest BCUT2D eigenvalue weighted by Gasteiger charge is -2.30. The van der Waals surface area contributed by atoms with Gasteiger partial charge in [-0.05, 0) is 50.3 Å². The van der Waals surface area contributed by atoms with Crippen LogP contribution in [0, 0.1) is 0 Å². The second kappa shape index (κ2) is 7.34. The summed E-state index contributed by atoms with van der Waals surface area (Å²) in [6, 6.07) is 4.92. The van der Waals surface area contributed by atoms with Crippen LogP contribution in [0.3, 0.4) is 0 Å². The lowest BCUT2D eigenvalue weighted by atomic mass is 9.82. The smallest absolute Gasteiger partial charge is 0.344 e. The number of benzene rings is 1. The molecule has 30 heavy (non-hydrogen) atoms. The number of ether oxygens (including phenoxy) is 1. The summed E-state index contributed by atoms with van der Waals surface area (Å²) in [6.07, 6.45) is 8.26. The van der Waals surface area contributed by atoms with Gasteiger partial charge in [0.25, 0.3) is 11.8 Å². The van der Waals surface area contributed by atoms with E-state index in [-0.39, 0.29) is 12.5 Å². The number of fused-ring (bicyclic) bond motifs is 3. The van der Waals surface area contributed by atoms with Gasteiger partial charge in [-0.1, -0.05) is 19.3 Å². The summed E-state index contributed by atoms with van der Waals surface area (Å²) in [7, 11) is 0. The van der Waals surface area contributed by atoms with Crippen LogP contribution in [0.5, 0.6) is 5.75 Å². The van der Waals surface area contributed by atoms with Crippen molar-refractivity contribution in [2.45, 2.75) is 63.3 Å². The number of carbonyl (C=O) groups is 3. The van der Waals surface area contributed by atoms with Crippen molar-refractivity contribution in [1.82, 2.24) is 15.8 Å². The Morgan fingerprint density at radius 3 is 2.77 bits per heavy atom. The minimum Gasteiger partial charge on any atom is -0.484 e. The highest BCUT2D eigenvalue weighted by molar-refractivity contribution is 6.08. The zero-order chi connectivity index (χ0) is 20.7. The maximum Gasteiger partial charge on any atom is 0.344 e. The Labute approximate surface area is 173 Å². The van der Waals surface area contributed by atoms with Crippen LogP contribution in [0.2, 0.25) is 0 Å². The molecule has 158 valence electrons. The Kier molecular flexibility index (Phi) is 4.64. The van der Waals surface area contributed by atoms with E-state index in [1.54, 1.807) is 6.07 Å². The molecule has 1 spiro atoms. The minimum absolute atomic E-state index is 0.296. The Morgan fingerprint density at radius 2 is 1.93 bits per heavy atom. The Hall–Kier alpha value is -3.03. The quantitative estimate of drug-likeness (QED) is 0.754. The Balaban J connectivity index is 1.23. The second-order valence-electron chi connectivity index (χ2n) is 8.41. The molecule has 3 aliphatic rings. The molecular formula is C22H25N3O5. The standard InChI is InChI=1S/C22H25N3O5/c26-19(24-25-20(27)22(23-21(25)28)10-4-1-5-11-22)13-29-14-8-9-18-16(12-14)15-6-2-3-7-17(15)30-18/h8-9,12H,1-7,10-11,13H2,(H,23,28)(H,24,26). The number of hydrogen-bond donors (Lipinski definition) is 2. The van der Waals surface area contributed by atoms with Gasteiger partial charge in [-0.25, -0.2) is 4.79 Å². The molecule has 1 aromatic carbocycles. The van der Waals surface area contributed by atoms with Gasteiger partial charge in [0.1, 0.15) is 22.6 Å². The number of nitrogens with one attached hydrogen (secondary N) is 2. The molecular weight excluding hydrogens is 386 g/mol. The molecule has 2 N–H and O–H groups in total. The fourth-order valence-electron chi connectivity index (χ4n) is 4.85. The van der Waals surface area contributed by atoms with Gasteiger partial charge in [0.2, 0.25) is 0 Å². The number of hydrazine groups is 1. The van der Waals surface area contributed by atoms with Crippen molar-refractivity contribution in [3.8, 4) is 5.75 Å². The number of urea groups is 1. The predicted octanol–water partition coefficient (Wildman–Crippen LogP) is 2.98. The SMILES string of the molecule is O=C(COc1ccc2oc3c(c2c1)CCCC3)NN1C(=O)NC2(CCCCC2)C1=O. The summed E-state index contributed by atoms with van der Waals surface area (Å²) in [4.78, 5) is 37.3. The highest BCUT2D eigenvalue weighted by atomic mass is 16.5. The number of aryl methyl sites for hydroxylation is 2. The number of rotatable bonds is 4. The van der Waals surface area contributed by atoms with Crippen molar-refractivity contribution in [3.63, 3.8) is 0 Å². The molecule has 0 unspecified atom stereocenters. The zero-order valence-corrected chi connectivity index (χ0v) is 16.8. The highest BCUT2D eigenvalue weighted by Crippen LogP contribution is 2.34. The summed E-state index contributed by atoms with van der Waals surface area (Å²) >= 11 is 0. The summed E-state index contributed by atoms with van der Waals surface area (Å²) in [5.74, 6) is 0.654. The van der Waals surface area contributed by atoms with Gasteiger partial charge in [0, 0.05) is 17.4 Å². The van der Waals surface area contributed by atoms with E-state index in [4.69, 9.17) is 9.15 Å². The van der Waals surface area contributed by atoms with Gasteiger partial charge in [-0.3, -0.25) is 15.0 Å². The molecule has 1 saturated carbocycles. The number of carbonyl (C=O) groups excluding carboxylic acids is 3. The lowest BCUT2D eigenvalue weighted by molar-refractivity contribution is -0.140. The third kappa shape index (κ3) is 3.20. The average molecular weight is 411 g/mol. The van der Waals surface area contributed by atoms with Crippen LogP contribution in [0.15, 0.2) is 22.6 Å². The third-order valence-electron chi connectivity index (χ3n) is 6.40. The number of hydrogen-bond acceptors (Lipinski definition) is 5. The molecule has 0 atom stereocenters. The molecule has 0 radical (unpaired) electrons. The Morgan fingerprint density at radius 1 is 1.13 bits per heavy atom. The molecule has 1 saturated heterocycles. The molecule has 0 bridgehead atoms. The molecule has 2 aliphatic carbocycles. The number of amides is 4. The fraction of sp³-hybridized carbons (Fsp3) is 0.500. The molecule has 8 heteroatoms. The van der Waals surface area contributed by atoms with Crippen LogP contribution in [0.4, 0.5) is 4.79 Å². The molecule has 8 nitrogen and oxygen atoms in total. The molecule has 2 heterocycles. The van der Waals surface area contributed by atoms with E-state index < -0.39 is 17.5 Å². The molecule has 1 aliphatic heterocycles. The monoisotopic (exact) mass is 411 g/mol. The second-order valence-corrected chi connectivity index (χ2v) is 8.41. The van der Waals surface area contributed by atoms with E-state index in [1.165, 1.54) is 5.56 Å². The van der Waals surface area contributed by atoms with E-state index >= 15 is 0 Å². The van der Waals surface area contributed by atoms with Gasteiger partial charge < -0.3 is 14.5 Å². The van der Waals surface area contributed by atoms with Crippen LogP contribution >= 0.6 is 0 Å².